The molecule has 1 fully saturated rings. The lowest BCUT2D eigenvalue weighted by atomic mass is 10.1. The number of carbonyl (C=O) groups is 3. The van der Waals surface area contributed by atoms with Gasteiger partial charge in [-0.2, -0.15) is 0 Å². The van der Waals surface area contributed by atoms with Gasteiger partial charge in [0.15, 0.2) is 0 Å². The molecular formula is C23H21N3O3S. The van der Waals surface area contributed by atoms with Crippen LogP contribution in [0.4, 0.5) is 5.69 Å². The van der Waals surface area contributed by atoms with Gasteiger partial charge in [-0.15, -0.1) is 11.3 Å². The van der Waals surface area contributed by atoms with Gasteiger partial charge in [0.2, 0.25) is 5.91 Å². The molecule has 0 radical (unpaired) electrons. The Hall–Kier alpha value is -3.45. The Balaban J connectivity index is 1.37. The minimum atomic E-state index is -0.537. The van der Waals surface area contributed by atoms with E-state index in [1.807, 2.05) is 41.8 Å². The number of benzene rings is 2. The van der Waals surface area contributed by atoms with Crippen LogP contribution in [0.5, 0.6) is 0 Å². The predicted molar refractivity (Wildman–Crippen MR) is 116 cm³/mol. The summed E-state index contributed by atoms with van der Waals surface area (Å²) in [4.78, 5) is 39.9. The molecule has 1 saturated heterocycles. The van der Waals surface area contributed by atoms with E-state index in [4.69, 9.17) is 0 Å². The average Bonchev–Trinajstić information content (AvgIpc) is 3.41. The number of carbonyl (C=O) groups excluding carboxylic acids is 3. The molecule has 7 heteroatoms. The highest BCUT2D eigenvalue weighted by Crippen LogP contribution is 2.18. The number of thiophene rings is 1. The van der Waals surface area contributed by atoms with Crippen LogP contribution in [0.1, 0.15) is 32.0 Å². The van der Waals surface area contributed by atoms with E-state index in [-0.39, 0.29) is 17.7 Å². The smallest absolute Gasteiger partial charge is 0.265 e. The Bertz CT molecular complexity index is 1050. The second-order valence-corrected chi connectivity index (χ2v) is 8.02. The van der Waals surface area contributed by atoms with Gasteiger partial charge in [-0.25, -0.2) is 0 Å². The third-order valence-corrected chi connectivity index (χ3v) is 5.82. The van der Waals surface area contributed by atoms with E-state index in [0.29, 0.717) is 35.6 Å². The van der Waals surface area contributed by atoms with Crippen molar-refractivity contribution in [3.05, 3.63) is 88.1 Å². The lowest BCUT2D eigenvalue weighted by Crippen LogP contribution is -2.41. The van der Waals surface area contributed by atoms with Crippen LogP contribution in [0.25, 0.3) is 0 Å². The normalized spacial score (nSPS) is 15.8. The number of anilines is 1. The van der Waals surface area contributed by atoms with Crippen LogP contribution in [-0.2, 0) is 11.3 Å². The molecule has 1 atom stereocenters. The Morgan fingerprint density at radius 2 is 1.83 bits per heavy atom. The Kier molecular flexibility index (Phi) is 5.90. The molecule has 4 rings (SSSR count). The highest BCUT2D eigenvalue weighted by molar-refractivity contribution is 7.12. The van der Waals surface area contributed by atoms with E-state index in [0.717, 1.165) is 5.56 Å². The highest BCUT2D eigenvalue weighted by atomic mass is 32.1. The lowest BCUT2D eigenvalue weighted by Gasteiger charge is -2.17. The summed E-state index contributed by atoms with van der Waals surface area (Å²) in [6.07, 6.45) is 0.576. The molecule has 152 valence electrons. The quantitative estimate of drug-likeness (QED) is 0.642. The van der Waals surface area contributed by atoms with Crippen LogP contribution in [0.2, 0.25) is 0 Å². The summed E-state index contributed by atoms with van der Waals surface area (Å²) in [5.74, 6) is -0.624. The van der Waals surface area contributed by atoms with Crippen LogP contribution in [0, 0.1) is 0 Å². The van der Waals surface area contributed by atoms with Gasteiger partial charge in [0.25, 0.3) is 11.8 Å². The van der Waals surface area contributed by atoms with Crippen molar-refractivity contribution in [3.63, 3.8) is 0 Å². The molecule has 0 unspecified atom stereocenters. The first-order valence-electron chi connectivity index (χ1n) is 9.68. The first-order valence-corrected chi connectivity index (χ1v) is 10.6. The minimum Gasteiger partial charge on any atom is -0.340 e. The van der Waals surface area contributed by atoms with Crippen molar-refractivity contribution in [1.29, 1.82) is 0 Å². The van der Waals surface area contributed by atoms with Gasteiger partial charge in [0.1, 0.15) is 6.04 Å². The largest absolute Gasteiger partial charge is 0.340 e. The maximum absolute atomic E-state index is 12.7. The SMILES string of the molecule is O=C(N[C@@H]1CCN(Cc2ccccc2)C1=O)c1cccc(NC(=O)c2cccs2)c1. The summed E-state index contributed by atoms with van der Waals surface area (Å²) < 4.78 is 0. The summed E-state index contributed by atoms with van der Waals surface area (Å²) in [5.41, 5.74) is 1.99. The monoisotopic (exact) mass is 419 g/mol. The van der Waals surface area contributed by atoms with Gasteiger partial charge in [-0.05, 0) is 41.6 Å². The van der Waals surface area contributed by atoms with Crippen LogP contribution in [0.15, 0.2) is 72.1 Å². The molecule has 30 heavy (non-hydrogen) atoms. The van der Waals surface area contributed by atoms with Gasteiger partial charge >= 0.3 is 0 Å². The van der Waals surface area contributed by atoms with Gasteiger partial charge in [0, 0.05) is 24.3 Å². The molecule has 6 nitrogen and oxygen atoms in total. The Morgan fingerprint density at radius 1 is 1.00 bits per heavy atom. The Morgan fingerprint density at radius 3 is 2.60 bits per heavy atom. The number of rotatable bonds is 6. The number of hydrogen-bond acceptors (Lipinski definition) is 4. The molecule has 2 N–H and O–H groups in total. The van der Waals surface area contributed by atoms with Crippen molar-refractivity contribution < 1.29 is 14.4 Å². The maximum Gasteiger partial charge on any atom is 0.265 e. The molecular weight excluding hydrogens is 398 g/mol. The van der Waals surface area contributed by atoms with E-state index in [1.165, 1.54) is 11.3 Å². The van der Waals surface area contributed by atoms with E-state index in [1.54, 1.807) is 35.2 Å². The van der Waals surface area contributed by atoms with Crippen LogP contribution in [-0.4, -0.2) is 35.2 Å². The first kappa shape index (κ1) is 19.8. The zero-order chi connectivity index (χ0) is 20.9. The zero-order valence-corrected chi connectivity index (χ0v) is 17.0. The number of hydrogen-bond donors (Lipinski definition) is 2. The van der Waals surface area contributed by atoms with Gasteiger partial charge in [0.05, 0.1) is 4.88 Å². The van der Waals surface area contributed by atoms with Crippen molar-refractivity contribution in [2.45, 2.75) is 19.0 Å². The first-order chi connectivity index (χ1) is 14.6. The fourth-order valence-electron chi connectivity index (χ4n) is 3.41. The molecule has 1 aromatic heterocycles. The second-order valence-electron chi connectivity index (χ2n) is 7.07. The summed E-state index contributed by atoms with van der Waals surface area (Å²) in [5, 5.41) is 7.45. The molecule has 0 bridgehead atoms. The summed E-state index contributed by atoms with van der Waals surface area (Å²) in [6.45, 7) is 1.14. The van der Waals surface area contributed by atoms with Gasteiger partial charge in [-0.1, -0.05) is 42.5 Å². The van der Waals surface area contributed by atoms with Gasteiger partial charge in [-0.3, -0.25) is 14.4 Å². The summed E-state index contributed by atoms with van der Waals surface area (Å²) in [6, 6.07) is 19.5. The zero-order valence-electron chi connectivity index (χ0n) is 16.2. The van der Waals surface area contributed by atoms with Crippen LogP contribution >= 0.6 is 11.3 Å². The molecule has 2 heterocycles. The molecule has 1 aliphatic heterocycles. The lowest BCUT2D eigenvalue weighted by molar-refractivity contribution is -0.129. The average molecular weight is 420 g/mol. The third kappa shape index (κ3) is 4.58. The third-order valence-electron chi connectivity index (χ3n) is 4.95. The van der Waals surface area contributed by atoms with E-state index >= 15 is 0 Å². The molecule has 0 spiro atoms. The van der Waals surface area contributed by atoms with Gasteiger partial charge < -0.3 is 15.5 Å². The van der Waals surface area contributed by atoms with E-state index < -0.39 is 6.04 Å². The van der Waals surface area contributed by atoms with E-state index in [9.17, 15) is 14.4 Å². The number of likely N-dealkylation sites (tertiary alicyclic amines) is 1. The molecule has 0 aliphatic carbocycles. The number of amides is 3. The fraction of sp³-hybridized carbons (Fsp3) is 0.174. The molecule has 0 saturated carbocycles. The highest BCUT2D eigenvalue weighted by Gasteiger charge is 2.32. The summed E-state index contributed by atoms with van der Waals surface area (Å²) >= 11 is 1.35. The van der Waals surface area contributed by atoms with Crippen LogP contribution < -0.4 is 10.6 Å². The minimum absolute atomic E-state index is 0.0747. The molecule has 2 aromatic carbocycles. The maximum atomic E-state index is 12.7. The van der Waals surface area contributed by atoms with Crippen LogP contribution in [0.3, 0.4) is 0 Å². The van der Waals surface area contributed by atoms with Crippen molar-refractivity contribution in [3.8, 4) is 0 Å². The van der Waals surface area contributed by atoms with Crippen molar-refractivity contribution in [1.82, 2.24) is 10.2 Å². The van der Waals surface area contributed by atoms with E-state index in [2.05, 4.69) is 10.6 Å². The van der Waals surface area contributed by atoms with Crippen molar-refractivity contribution in [2.75, 3.05) is 11.9 Å². The van der Waals surface area contributed by atoms with Crippen molar-refractivity contribution >= 4 is 34.7 Å². The van der Waals surface area contributed by atoms with Crippen molar-refractivity contribution in [2.24, 2.45) is 0 Å². The number of nitrogens with one attached hydrogen (secondary N) is 2. The predicted octanol–water partition coefficient (Wildman–Crippen LogP) is 3.53. The molecule has 3 amide bonds. The second kappa shape index (κ2) is 8.92. The Labute approximate surface area is 178 Å². The summed E-state index contributed by atoms with van der Waals surface area (Å²) in [7, 11) is 0. The fourth-order valence-corrected chi connectivity index (χ4v) is 4.03. The molecule has 1 aliphatic rings. The molecule has 3 aromatic rings. The topological polar surface area (TPSA) is 78.5 Å². The standard InChI is InChI=1S/C23H21N3O3S/c27-21(17-8-4-9-18(14-17)24-22(28)20-10-5-13-30-20)25-19-11-12-26(23(19)29)15-16-6-2-1-3-7-16/h1-10,13-14,19H,11-12,15H2,(H,24,28)(H,25,27)/t19-/m1/s1. The number of nitrogens with zero attached hydrogens (tertiary/aromatic N) is 1.